The highest BCUT2D eigenvalue weighted by Crippen LogP contribution is 2.22. The molecule has 0 aliphatic rings. The molecule has 2 unspecified atom stereocenters. The number of aromatic nitrogens is 3. The SMILES string of the molecule is CC(=O)Nc1cccc(C(C)NC(=O)N(C)C(C)c2ccc(-n3cncn3)cc2)c1. The van der Waals surface area contributed by atoms with Gasteiger partial charge in [0.25, 0.3) is 0 Å². The maximum atomic E-state index is 12.8. The van der Waals surface area contributed by atoms with E-state index in [9.17, 15) is 9.59 Å². The van der Waals surface area contributed by atoms with Crippen molar-refractivity contribution in [1.29, 1.82) is 0 Å². The molecule has 3 amide bonds. The summed E-state index contributed by atoms with van der Waals surface area (Å²) in [7, 11) is 1.77. The number of hydrogen-bond donors (Lipinski definition) is 2. The van der Waals surface area contributed by atoms with Gasteiger partial charge < -0.3 is 15.5 Å². The predicted octanol–water partition coefficient (Wildman–Crippen LogP) is 3.69. The van der Waals surface area contributed by atoms with E-state index in [0.717, 1.165) is 16.8 Å². The topological polar surface area (TPSA) is 92.2 Å². The molecule has 0 spiro atoms. The maximum Gasteiger partial charge on any atom is 0.318 e. The fraction of sp³-hybridized carbons (Fsp3) is 0.273. The van der Waals surface area contributed by atoms with Crippen LogP contribution in [0, 0.1) is 0 Å². The highest BCUT2D eigenvalue weighted by Gasteiger charge is 2.19. The molecule has 0 fully saturated rings. The van der Waals surface area contributed by atoms with E-state index in [4.69, 9.17) is 0 Å². The molecule has 3 rings (SSSR count). The lowest BCUT2D eigenvalue weighted by Crippen LogP contribution is -2.40. The van der Waals surface area contributed by atoms with Crippen molar-refractivity contribution >= 4 is 17.6 Å². The Morgan fingerprint density at radius 1 is 1.07 bits per heavy atom. The molecule has 2 atom stereocenters. The van der Waals surface area contributed by atoms with Crippen LogP contribution in [0.4, 0.5) is 10.5 Å². The van der Waals surface area contributed by atoms with E-state index < -0.39 is 0 Å². The van der Waals surface area contributed by atoms with Gasteiger partial charge in [-0.2, -0.15) is 5.10 Å². The van der Waals surface area contributed by atoms with Gasteiger partial charge in [0.15, 0.2) is 0 Å². The molecule has 8 heteroatoms. The van der Waals surface area contributed by atoms with Crippen molar-refractivity contribution in [1.82, 2.24) is 25.0 Å². The van der Waals surface area contributed by atoms with Crippen LogP contribution >= 0.6 is 0 Å². The molecule has 0 radical (unpaired) electrons. The molecule has 0 saturated carbocycles. The molecular formula is C22H26N6O2. The Kier molecular flexibility index (Phi) is 6.46. The standard InChI is InChI=1S/C22H26N6O2/c1-15(19-6-5-7-20(12-19)26-17(3)29)25-22(30)27(4)16(2)18-8-10-21(11-9-18)28-14-23-13-24-28/h5-16H,1-4H3,(H,25,30)(H,26,29). The summed E-state index contributed by atoms with van der Waals surface area (Å²) in [5.74, 6) is -0.132. The average Bonchev–Trinajstić information content (AvgIpc) is 3.27. The van der Waals surface area contributed by atoms with Crippen LogP contribution in [-0.4, -0.2) is 38.7 Å². The number of benzene rings is 2. The van der Waals surface area contributed by atoms with Gasteiger partial charge in [0.1, 0.15) is 12.7 Å². The van der Waals surface area contributed by atoms with E-state index in [-0.39, 0.29) is 24.0 Å². The van der Waals surface area contributed by atoms with Crippen molar-refractivity contribution < 1.29 is 9.59 Å². The fourth-order valence-corrected chi connectivity index (χ4v) is 3.11. The van der Waals surface area contributed by atoms with E-state index in [1.54, 1.807) is 23.0 Å². The summed E-state index contributed by atoms with van der Waals surface area (Å²) >= 11 is 0. The third-order valence-electron chi connectivity index (χ3n) is 5.01. The Balaban J connectivity index is 1.64. The van der Waals surface area contributed by atoms with Crippen molar-refractivity contribution in [3.8, 4) is 5.69 Å². The first-order valence-corrected chi connectivity index (χ1v) is 9.71. The van der Waals surface area contributed by atoms with Gasteiger partial charge in [-0.25, -0.2) is 14.5 Å². The number of urea groups is 1. The number of nitrogens with one attached hydrogen (secondary N) is 2. The minimum Gasteiger partial charge on any atom is -0.331 e. The predicted molar refractivity (Wildman–Crippen MR) is 115 cm³/mol. The van der Waals surface area contributed by atoms with Crippen LogP contribution in [-0.2, 0) is 4.79 Å². The number of anilines is 1. The van der Waals surface area contributed by atoms with Crippen molar-refractivity contribution in [3.05, 3.63) is 72.3 Å². The van der Waals surface area contributed by atoms with Crippen LogP contribution < -0.4 is 10.6 Å². The van der Waals surface area contributed by atoms with Crippen LogP contribution in [0.15, 0.2) is 61.2 Å². The van der Waals surface area contributed by atoms with Crippen LogP contribution in [0.2, 0.25) is 0 Å². The molecular weight excluding hydrogens is 380 g/mol. The molecule has 0 saturated heterocycles. The van der Waals surface area contributed by atoms with E-state index in [1.807, 2.05) is 62.4 Å². The molecule has 3 aromatic rings. The quantitative estimate of drug-likeness (QED) is 0.653. The smallest absolute Gasteiger partial charge is 0.318 e. The lowest BCUT2D eigenvalue weighted by atomic mass is 10.1. The van der Waals surface area contributed by atoms with Crippen LogP contribution in [0.5, 0.6) is 0 Å². The first-order chi connectivity index (χ1) is 14.3. The summed E-state index contributed by atoms with van der Waals surface area (Å²) in [5, 5.41) is 9.89. The minimum absolute atomic E-state index is 0.118. The maximum absolute atomic E-state index is 12.8. The van der Waals surface area contributed by atoms with E-state index in [1.165, 1.54) is 13.3 Å². The van der Waals surface area contributed by atoms with Crippen molar-refractivity contribution in [2.45, 2.75) is 32.9 Å². The monoisotopic (exact) mass is 406 g/mol. The zero-order valence-corrected chi connectivity index (χ0v) is 17.5. The molecule has 2 aromatic carbocycles. The fourth-order valence-electron chi connectivity index (χ4n) is 3.11. The van der Waals surface area contributed by atoms with Gasteiger partial charge in [0.2, 0.25) is 5.91 Å². The van der Waals surface area contributed by atoms with Crippen LogP contribution in [0.25, 0.3) is 5.69 Å². The average molecular weight is 406 g/mol. The summed E-state index contributed by atoms with van der Waals surface area (Å²) in [4.78, 5) is 29.7. The Bertz CT molecular complexity index is 1000. The van der Waals surface area contributed by atoms with Gasteiger partial charge in [0.05, 0.1) is 17.8 Å². The molecule has 0 aliphatic heterocycles. The van der Waals surface area contributed by atoms with E-state index in [0.29, 0.717) is 5.69 Å². The Morgan fingerprint density at radius 2 is 1.80 bits per heavy atom. The third-order valence-corrected chi connectivity index (χ3v) is 5.01. The van der Waals surface area contributed by atoms with Crippen molar-refractivity contribution in [2.24, 2.45) is 0 Å². The zero-order chi connectivity index (χ0) is 21.7. The number of hydrogen-bond acceptors (Lipinski definition) is 4. The molecule has 0 bridgehead atoms. The Labute approximate surface area is 175 Å². The van der Waals surface area contributed by atoms with Gasteiger partial charge in [-0.3, -0.25) is 4.79 Å². The second-order valence-corrected chi connectivity index (χ2v) is 7.20. The summed E-state index contributed by atoms with van der Waals surface area (Å²) in [6.07, 6.45) is 3.13. The summed E-state index contributed by atoms with van der Waals surface area (Å²) in [6, 6.07) is 14.8. The zero-order valence-electron chi connectivity index (χ0n) is 17.5. The van der Waals surface area contributed by atoms with Gasteiger partial charge in [-0.15, -0.1) is 0 Å². The minimum atomic E-state index is -0.212. The molecule has 8 nitrogen and oxygen atoms in total. The molecule has 0 aliphatic carbocycles. The molecule has 1 aromatic heterocycles. The van der Waals surface area contributed by atoms with E-state index in [2.05, 4.69) is 20.7 Å². The van der Waals surface area contributed by atoms with Crippen LogP contribution in [0.3, 0.4) is 0 Å². The molecule has 2 N–H and O–H groups in total. The second kappa shape index (κ2) is 9.21. The lowest BCUT2D eigenvalue weighted by molar-refractivity contribution is -0.114. The van der Waals surface area contributed by atoms with Gasteiger partial charge >= 0.3 is 6.03 Å². The Hall–Kier alpha value is -3.68. The highest BCUT2D eigenvalue weighted by atomic mass is 16.2. The summed E-state index contributed by atoms with van der Waals surface area (Å²) in [6.45, 7) is 5.36. The van der Waals surface area contributed by atoms with Crippen molar-refractivity contribution in [3.63, 3.8) is 0 Å². The second-order valence-electron chi connectivity index (χ2n) is 7.20. The summed E-state index contributed by atoms with van der Waals surface area (Å²) < 4.78 is 1.68. The largest absolute Gasteiger partial charge is 0.331 e. The summed E-state index contributed by atoms with van der Waals surface area (Å²) in [5.41, 5.74) is 3.53. The van der Waals surface area contributed by atoms with E-state index >= 15 is 0 Å². The van der Waals surface area contributed by atoms with Gasteiger partial charge in [-0.1, -0.05) is 24.3 Å². The Morgan fingerprint density at radius 3 is 2.43 bits per heavy atom. The molecule has 1 heterocycles. The lowest BCUT2D eigenvalue weighted by Gasteiger charge is -2.27. The van der Waals surface area contributed by atoms with Gasteiger partial charge in [-0.05, 0) is 49.2 Å². The molecule has 30 heavy (non-hydrogen) atoms. The first kappa shape index (κ1) is 21.0. The van der Waals surface area contributed by atoms with Crippen LogP contribution in [0.1, 0.15) is 44.0 Å². The number of rotatable bonds is 6. The molecule has 156 valence electrons. The van der Waals surface area contributed by atoms with Crippen molar-refractivity contribution in [2.75, 3.05) is 12.4 Å². The third kappa shape index (κ3) is 5.02. The number of carbonyl (C=O) groups excluding carboxylic acids is 2. The highest BCUT2D eigenvalue weighted by molar-refractivity contribution is 5.88. The van der Waals surface area contributed by atoms with Gasteiger partial charge in [0, 0.05) is 19.7 Å². The number of carbonyl (C=O) groups is 2. The normalized spacial score (nSPS) is 12.7. The number of nitrogens with zero attached hydrogens (tertiary/aromatic N) is 4. The first-order valence-electron chi connectivity index (χ1n) is 9.71. The number of amides is 3.